The summed E-state index contributed by atoms with van der Waals surface area (Å²) in [4.78, 5) is 12.5. The van der Waals surface area contributed by atoms with Crippen molar-refractivity contribution in [2.24, 2.45) is 0 Å². The van der Waals surface area contributed by atoms with Gasteiger partial charge in [-0.15, -0.1) is 0 Å². The van der Waals surface area contributed by atoms with E-state index in [4.69, 9.17) is 4.42 Å². The molecular weight excluding hydrogens is 404 g/mol. The Kier molecular flexibility index (Phi) is 6.91. The number of carbonyl (C=O) groups excluding carboxylic acids is 1. The van der Waals surface area contributed by atoms with Gasteiger partial charge in [0.2, 0.25) is 10.0 Å². The van der Waals surface area contributed by atoms with Crippen LogP contribution in [0.4, 0.5) is 0 Å². The Balaban J connectivity index is 1.57. The summed E-state index contributed by atoms with van der Waals surface area (Å²) in [6.45, 7) is 4.57. The Morgan fingerprint density at radius 3 is 2.40 bits per heavy atom. The van der Waals surface area contributed by atoms with Crippen LogP contribution in [-0.4, -0.2) is 43.4 Å². The van der Waals surface area contributed by atoms with Crippen molar-refractivity contribution in [3.05, 3.63) is 65.9 Å². The quantitative estimate of drug-likeness (QED) is 0.542. The second-order valence-electron chi connectivity index (χ2n) is 6.86. The van der Waals surface area contributed by atoms with Crippen molar-refractivity contribution in [3.8, 4) is 0 Å². The number of nitrogens with one attached hydrogen (secondary N) is 1. The van der Waals surface area contributed by atoms with Crippen LogP contribution in [0.1, 0.15) is 42.5 Å². The number of furan rings is 1. The number of fused-ring (bicyclic) bond motifs is 1. The number of aliphatic hydroxyl groups is 1. The predicted molar refractivity (Wildman–Crippen MR) is 115 cm³/mol. The van der Waals surface area contributed by atoms with Gasteiger partial charge in [0.15, 0.2) is 0 Å². The molecule has 1 heterocycles. The normalized spacial score (nSPS) is 12.9. The summed E-state index contributed by atoms with van der Waals surface area (Å²) in [6.07, 6.45) is -0.542. The molecule has 1 atom stereocenters. The lowest BCUT2D eigenvalue weighted by molar-refractivity contribution is 0.0936. The van der Waals surface area contributed by atoms with Crippen LogP contribution >= 0.6 is 0 Å². The van der Waals surface area contributed by atoms with Gasteiger partial charge in [0, 0.05) is 30.6 Å². The Labute approximate surface area is 176 Å². The van der Waals surface area contributed by atoms with Crippen molar-refractivity contribution in [2.45, 2.75) is 31.3 Å². The molecule has 0 aliphatic rings. The number of rotatable bonds is 9. The summed E-state index contributed by atoms with van der Waals surface area (Å²) >= 11 is 0. The fraction of sp³-hybridized carbons (Fsp3) is 0.318. The van der Waals surface area contributed by atoms with Crippen LogP contribution in [0.2, 0.25) is 0 Å². The molecule has 0 spiro atoms. The number of hydrogen-bond donors (Lipinski definition) is 2. The summed E-state index contributed by atoms with van der Waals surface area (Å²) in [7, 11) is -3.56. The molecule has 2 aromatic carbocycles. The van der Waals surface area contributed by atoms with Crippen LogP contribution < -0.4 is 5.32 Å². The van der Waals surface area contributed by atoms with Crippen LogP contribution in [0, 0.1) is 0 Å². The molecule has 0 aliphatic heterocycles. The van der Waals surface area contributed by atoms with Gasteiger partial charge in [0.05, 0.1) is 4.90 Å². The summed E-state index contributed by atoms with van der Waals surface area (Å²) in [5.74, 6) is 0.120. The number of para-hydroxylation sites is 1. The topological polar surface area (TPSA) is 99.9 Å². The van der Waals surface area contributed by atoms with Gasteiger partial charge in [-0.05, 0) is 42.8 Å². The minimum atomic E-state index is -3.56. The van der Waals surface area contributed by atoms with Crippen molar-refractivity contribution >= 4 is 26.9 Å². The second-order valence-corrected chi connectivity index (χ2v) is 8.80. The van der Waals surface area contributed by atoms with Gasteiger partial charge >= 0.3 is 0 Å². The Hall–Kier alpha value is -2.68. The molecule has 1 aromatic heterocycles. The van der Waals surface area contributed by atoms with Gasteiger partial charge in [0.25, 0.3) is 5.91 Å². The molecule has 0 saturated carbocycles. The van der Waals surface area contributed by atoms with Crippen LogP contribution in [0.5, 0.6) is 0 Å². The number of carbonyl (C=O) groups is 1. The predicted octanol–water partition coefficient (Wildman–Crippen LogP) is 3.32. The van der Waals surface area contributed by atoms with Gasteiger partial charge in [-0.25, -0.2) is 8.42 Å². The third-order valence-electron chi connectivity index (χ3n) is 4.94. The van der Waals surface area contributed by atoms with Gasteiger partial charge < -0.3 is 14.8 Å². The average molecular weight is 431 g/mol. The van der Waals surface area contributed by atoms with Crippen LogP contribution in [0.15, 0.2) is 63.9 Å². The first-order valence-electron chi connectivity index (χ1n) is 9.91. The van der Waals surface area contributed by atoms with Gasteiger partial charge in [-0.3, -0.25) is 4.79 Å². The van der Waals surface area contributed by atoms with Gasteiger partial charge in [0.1, 0.15) is 17.4 Å². The summed E-state index contributed by atoms with van der Waals surface area (Å²) in [6, 6.07) is 15.1. The van der Waals surface area contributed by atoms with E-state index < -0.39 is 16.1 Å². The van der Waals surface area contributed by atoms with Crippen molar-refractivity contribution in [1.29, 1.82) is 0 Å². The highest BCUT2D eigenvalue weighted by Crippen LogP contribution is 2.25. The second kappa shape index (κ2) is 9.42. The number of benzene rings is 2. The fourth-order valence-electron chi connectivity index (χ4n) is 3.22. The number of sulfonamides is 1. The first-order valence-corrected chi connectivity index (χ1v) is 11.4. The standard InChI is InChI=1S/C22H26N2O5S/c1-3-24(4-2)30(27,28)18-11-9-16(10-12-18)22(26)23-14-13-19(25)21-15-17-7-5-6-8-20(17)29-21/h5-12,15,19,25H,3-4,13-14H2,1-2H3,(H,23,26)/t19-/m1/s1. The molecular formula is C22H26N2O5S. The zero-order valence-electron chi connectivity index (χ0n) is 17.0. The highest BCUT2D eigenvalue weighted by Gasteiger charge is 2.21. The van der Waals surface area contributed by atoms with Gasteiger partial charge in [-0.2, -0.15) is 4.31 Å². The molecule has 3 aromatic rings. The maximum atomic E-state index is 12.5. The molecule has 30 heavy (non-hydrogen) atoms. The molecule has 3 rings (SSSR count). The third-order valence-corrected chi connectivity index (χ3v) is 7.00. The zero-order valence-corrected chi connectivity index (χ0v) is 17.9. The monoisotopic (exact) mass is 430 g/mol. The molecule has 8 heteroatoms. The molecule has 0 radical (unpaired) electrons. The van der Waals surface area contributed by atoms with E-state index in [9.17, 15) is 18.3 Å². The molecule has 7 nitrogen and oxygen atoms in total. The third kappa shape index (κ3) is 4.72. The summed E-state index contributed by atoms with van der Waals surface area (Å²) < 4.78 is 32.0. The maximum Gasteiger partial charge on any atom is 0.251 e. The smallest absolute Gasteiger partial charge is 0.251 e. The van der Waals surface area contributed by atoms with E-state index in [0.717, 1.165) is 5.39 Å². The van der Waals surface area contributed by atoms with E-state index >= 15 is 0 Å². The lowest BCUT2D eigenvalue weighted by atomic mass is 10.1. The molecule has 0 unspecified atom stereocenters. The lowest BCUT2D eigenvalue weighted by Gasteiger charge is -2.18. The highest BCUT2D eigenvalue weighted by molar-refractivity contribution is 7.89. The van der Waals surface area contributed by atoms with E-state index in [2.05, 4.69) is 5.32 Å². The molecule has 1 amide bonds. The van der Waals surface area contributed by atoms with E-state index in [1.165, 1.54) is 28.6 Å². The van der Waals surface area contributed by atoms with Gasteiger partial charge in [-0.1, -0.05) is 32.0 Å². The minimum Gasteiger partial charge on any atom is -0.458 e. The summed E-state index contributed by atoms with van der Waals surface area (Å²) in [5.41, 5.74) is 1.06. The first-order chi connectivity index (χ1) is 14.4. The van der Waals surface area contributed by atoms with E-state index in [-0.39, 0.29) is 17.3 Å². The van der Waals surface area contributed by atoms with Crippen molar-refractivity contribution < 1.29 is 22.7 Å². The molecule has 0 saturated heterocycles. The maximum absolute atomic E-state index is 12.5. The molecule has 2 N–H and O–H groups in total. The van der Waals surface area contributed by atoms with E-state index in [1.54, 1.807) is 19.9 Å². The number of amides is 1. The molecule has 0 aliphatic carbocycles. The van der Waals surface area contributed by atoms with Crippen molar-refractivity contribution in [2.75, 3.05) is 19.6 Å². The fourth-order valence-corrected chi connectivity index (χ4v) is 4.68. The largest absolute Gasteiger partial charge is 0.458 e. The number of nitrogens with zero attached hydrogens (tertiary/aromatic N) is 1. The molecule has 0 bridgehead atoms. The zero-order chi connectivity index (χ0) is 21.7. The van der Waals surface area contributed by atoms with Crippen LogP contribution in [0.3, 0.4) is 0 Å². The molecule has 0 fully saturated rings. The van der Waals surface area contributed by atoms with E-state index in [0.29, 0.717) is 36.4 Å². The van der Waals surface area contributed by atoms with Crippen molar-refractivity contribution in [1.82, 2.24) is 9.62 Å². The minimum absolute atomic E-state index is 0.156. The van der Waals surface area contributed by atoms with Crippen LogP contribution in [-0.2, 0) is 10.0 Å². The Morgan fingerprint density at radius 1 is 1.10 bits per heavy atom. The first kappa shape index (κ1) is 22.0. The summed E-state index contributed by atoms with van der Waals surface area (Å²) in [5, 5.41) is 14.0. The average Bonchev–Trinajstić information content (AvgIpc) is 3.19. The highest BCUT2D eigenvalue weighted by atomic mass is 32.2. The molecule has 160 valence electrons. The number of hydrogen-bond acceptors (Lipinski definition) is 5. The van der Waals surface area contributed by atoms with E-state index in [1.807, 2.05) is 24.3 Å². The van der Waals surface area contributed by atoms with Crippen molar-refractivity contribution in [3.63, 3.8) is 0 Å². The van der Waals surface area contributed by atoms with Crippen LogP contribution in [0.25, 0.3) is 11.0 Å². The number of aliphatic hydroxyl groups excluding tert-OH is 1. The Morgan fingerprint density at radius 2 is 1.77 bits per heavy atom. The Bertz CT molecular complexity index is 1070. The lowest BCUT2D eigenvalue weighted by Crippen LogP contribution is -2.30. The SMILES string of the molecule is CCN(CC)S(=O)(=O)c1ccc(C(=O)NCC[C@@H](O)c2cc3ccccc3o2)cc1.